The summed E-state index contributed by atoms with van der Waals surface area (Å²) in [6, 6.07) is 8.52. The summed E-state index contributed by atoms with van der Waals surface area (Å²) >= 11 is -1.71. The first kappa shape index (κ1) is 16.1. The van der Waals surface area contributed by atoms with Crippen molar-refractivity contribution in [3.63, 3.8) is 0 Å². The van der Waals surface area contributed by atoms with Gasteiger partial charge in [0.15, 0.2) is 0 Å². The van der Waals surface area contributed by atoms with E-state index in [0.29, 0.717) is 5.56 Å². The van der Waals surface area contributed by atoms with Crippen LogP contribution in [0.5, 0.6) is 0 Å². The average molecular weight is 309 g/mol. The Morgan fingerprint density at radius 1 is 1.11 bits per heavy atom. The van der Waals surface area contributed by atoms with Gasteiger partial charge in [0.2, 0.25) is 0 Å². The van der Waals surface area contributed by atoms with Crippen molar-refractivity contribution in [3.05, 3.63) is 35.9 Å². The van der Waals surface area contributed by atoms with Gasteiger partial charge in [-0.1, -0.05) is 0 Å². The predicted molar refractivity (Wildman–Crippen MR) is 64.7 cm³/mol. The fraction of sp³-hybridized carbons (Fsp3) is 0.250. The van der Waals surface area contributed by atoms with Gasteiger partial charge in [0, 0.05) is 0 Å². The summed E-state index contributed by atoms with van der Waals surface area (Å²) in [5.41, 5.74) is -0.203. The Labute approximate surface area is 111 Å². The maximum atomic E-state index is 11.8. The summed E-state index contributed by atoms with van der Waals surface area (Å²) in [4.78, 5) is 26.5. The van der Waals surface area contributed by atoms with E-state index >= 15 is 0 Å². The third kappa shape index (κ3) is 5.33. The summed E-state index contributed by atoms with van der Waals surface area (Å²) in [7, 11) is -8.70. The molecule has 0 heterocycles. The molecular formula is C8H12AlO7P2+. The van der Waals surface area contributed by atoms with Crippen LogP contribution in [-0.4, -0.2) is 30.6 Å². The monoisotopic (exact) mass is 309 g/mol. The van der Waals surface area contributed by atoms with Gasteiger partial charge in [-0.05, 0) is 0 Å². The fourth-order valence-electron chi connectivity index (χ4n) is 1.15. The summed E-state index contributed by atoms with van der Waals surface area (Å²) in [6.45, 7) is 1.49. The predicted octanol–water partition coefficient (Wildman–Crippen LogP) is 1.59. The molecule has 18 heavy (non-hydrogen) atoms. The van der Waals surface area contributed by atoms with Crippen LogP contribution >= 0.6 is 15.4 Å². The second kappa shape index (κ2) is 6.45. The maximum absolute atomic E-state index is 11.8. The molecule has 1 aromatic carbocycles. The minimum absolute atomic E-state index is 0.596. The van der Waals surface area contributed by atoms with Gasteiger partial charge < -0.3 is 0 Å². The van der Waals surface area contributed by atoms with Crippen LogP contribution in [0, 0.1) is 0 Å². The Kier molecular flexibility index (Phi) is 5.75. The van der Waals surface area contributed by atoms with Gasteiger partial charge in [0.25, 0.3) is 0 Å². The van der Waals surface area contributed by atoms with Crippen molar-refractivity contribution < 1.29 is 31.0 Å². The summed E-state index contributed by atoms with van der Waals surface area (Å²) < 4.78 is 30.9. The van der Waals surface area contributed by atoms with E-state index in [9.17, 15) is 14.0 Å². The van der Waals surface area contributed by atoms with Crippen LogP contribution in [0.4, 0.5) is 0 Å². The number of rotatable bonds is 6. The van der Waals surface area contributed by atoms with Crippen molar-refractivity contribution >= 4 is 31.3 Å². The number of phosphoric acid groups is 1. The zero-order chi connectivity index (χ0) is 13.8. The molecule has 0 aliphatic carbocycles. The molecule has 98 valence electrons. The average Bonchev–Trinajstić information content (AvgIpc) is 2.27. The van der Waals surface area contributed by atoms with Crippen LogP contribution in [0.15, 0.2) is 30.3 Å². The molecule has 0 aromatic heterocycles. The van der Waals surface area contributed by atoms with Gasteiger partial charge in [-0.15, -0.1) is 0 Å². The van der Waals surface area contributed by atoms with Gasteiger partial charge >= 0.3 is 111 Å². The molecule has 2 unspecified atom stereocenters. The van der Waals surface area contributed by atoms with Crippen LogP contribution < -0.4 is 0 Å². The molecule has 0 spiro atoms. The molecule has 0 fully saturated rings. The zero-order valence-electron chi connectivity index (χ0n) is 9.41. The van der Waals surface area contributed by atoms with Gasteiger partial charge in [0.1, 0.15) is 0 Å². The van der Waals surface area contributed by atoms with Crippen molar-refractivity contribution in [3.8, 4) is 0 Å². The quantitative estimate of drug-likeness (QED) is 0.540. The molecule has 0 bridgehead atoms. The van der Waals surface area contributed by atoms with E-state index in [1.807, 2.05) is 0 Å². The van der Waals surface area contributed by atoms with Crippen molar-refractivity contribution in [2.75, 3.05) is 0 Å². The Morgan fingerprint density at radius 3 is 2.17 bits per heavy atom. The Hall–Kier alpha value is 0.0125. The first-order valence-electron chi connectivity index (χ1n) is 4.84. The molecule has 3 N–H and O–H groups in total. The minimum atomic E-state index is -4.67. The SMILES string of the molecule is CC(c1ccccc1)P(=O)(O)[O][Al+][O]P(=O)(O)O. The first-order chi connectivity index (χ1) is 8.22. The van der Waals surface area contributed by atoms with E-state index < -0.39 is 37.0 Å². The number of hydrogen-bond donors (Lipinski definition) is 3. The number of benzene rings is 1. The summed E-state index contributed by atoms with van der Waals surface area (Å²) in [6.07, 6.45) is 0. The van der Waals surface area contributed by atoms with Crippen LogP contribution in [0.1, 0.15) is 18.1 Å². The molecule has 0 radical (unpaired) electrons. The zero-order valence-corrected chi connectivity index (χ0v) is 12.4. The summed E-state index contributed by atoms with van der Waals surface area (Å²) in [5, 5.41) is 0. The topological polar surface area (TPSA) is 113 Å². The molecule has 1 aromatic rings. The molecule has 2 atom stereocenters. The van der Waals surface area contributed by atoms with Gasteiger partial charge in [-0.25, -0.2) is 0 Å². The van der Waals surface area contributed by atoms with E-state index in [-0.39, 0.29) is 0 Å². The Balaban J connectivity index is 2.64. The molecule has 10 heteroatoms. The Bertz CT molecular complexity index is 474. The van der Waals surface area contributed by atoms with Gasteiger partial charge in [-0.3, -0.25) is 0 Å². The van der Waals surface area contributed by atoms with Gasteiger partial charge in [0.05, 0.1) is 0 Å². The summed E-state index contributed by atoms with van der Waals surface area (Å²) in [5.74, 6) is 0. The third-order valence-corrected chi connectivity index (χ3v) is 6.42. The standard InChI is InChI=1S/C8H11O3P.Al.H3O4P/c1-7(12(9,10)11)8-5-3-2-4-6-8;;1-5(2,3)4/h2-7H,1H3,(H2,9,10,11);;(H3,1,2,3,4)/q;+3;/p-2. The molecule has 1 rings (SSSR count). The number of hydrogen-bond acceptors (Lipinski definition) is 4. The van der Waals surface area contributed by atoms with Crippen LogP contribution in [0.25, 0.3) is 0 Å². The van der Waals surface area contributed by atoms with Crippen LogP contribution in [-0.2, 0) is 16.3 Å². The molecule has 7 nitrogen and oxygen atoms in total. The molecule has 0 saturated carbocycles. The Morgan fingerprint density at radius 2 is 1.67 bits per heavy atom. The normalized spacial score (nSPS) is 16.7. The second-order valence-electron chi connectivity index (χ2n) is 3.45. The molecule has 0 amide bonds. The first-order valence-corrected chi connectivity index (χ1v) is 8.96. The fourth-order valence-corrected chi connectivity index (χ4v) is 3.87. The second-order valence-corrected chi connectivity index (χ2v) is 8.21. The van der Waals surface area contributed by atoms with E-state index in [2.05, 4.69) is 7.15 Å². The van der Waals surface area contributed by atoms with Crippen molar-refractivity contribution in [2.45, 2.75) is 12.6 Å². The third-order valence-electron chi connectivity index (χ3n) is 2.15. The van der Waals surface area contributed by atoms with Crippen molar-refractivity contribution in [1.29, 1.82) is 0 Å². The van der Waals surface area contributed by atoms with E-state index in [0.717, 1.165) is 0 Å². The van der Waals surface area contributed by atoms with Gasteiger partial charge in [-0.2, -0.15) is 0 Å². The van der Waals surface area contributed by atoms with Crippen LogP contribution in [0.2, 0.25) is 0 Å². The van der Waals surface area contributed by atoms with Crippen molar-refractivity contribution in [1.82, 2.24) is 0 Å². The molecule has 0 saturated heterocycles. The molecule has 0 aliphatic heterocycles. The van der Waals surface area contributed by atoms with E-state index in [4.69, 9.17) is 9.79 Å². The van der Waals surface area contributed by atoms with Crippen molar-refractivity contribution in [2.24, 2.45) is 0 Å². The molecule has 0 aliphatic rings. The van der Waals surface area contributed by atoms with E-state index in [1.165, 1.54) is 6.92 Å². The van der Waals surface area contributed by atoms with Crippen LogP contribution in [0.3, 0.4) is 0 Å². The van der Waals surface area contributed by atoms with E-state index in [1.54, 1.807) is 30.3 Å². The molecular weight excluding hydrogens is 297 g/mol.